The lowest BCUT2D eigenvalue weighted by molar-refractivity contribution is -0.116. The van der Waals surface area contributed by atoms with Crippen molar-refractivity contribution in [1.29, 1.82) is 0 Å². The molecule has 0 fully saturated rings. The highest BCUT2D eigenvalue weighted by molar-refractivity contribution is 14.0. The van der Waals surface area contributed by atoms with E-state index < -0.39 is 0 Å². The molecule has 1 heterocycles. The predicted octanol–water partition coefficient (Wildman–Crippen LogP) is 4.20. The fourth-order valence-corrected chi connectivity index (χ4v) is 3.01. The van der Waals surface area contributed by atoms with Crippen molar-refractivity contribution < 1.29 is 4.79 Å². The molecule has 0 spiro atoms. The van der Waals surface area contributed by atoms with Crippen molar-refractivity contribution in [3.8, 4) is 0 Å². The van der Waals surface area contributed by atoms with Gasteiger partial charge in [-0.25, -0.2) is 9.98 Å². The minimum atomic E-state index is -0.0191. The number of carbonyl (C=O) groups excluding carboxylic acids is 1. The molecular formula is C18H25ClIN5OS. The first-order valence-corrected chi connectivity index (χ1v) is 9.75. The van der Waals surface area contributed by atoms with Crippen LogP contribution in [0.2, 0.25) is 5.02 Å². The number of nitrogens with one attached hydrogen (secondary N) is 3. The minimum Gasteiger partial charge on any atom is -0.357 e. The third kappa shape index (κ3) is 9.39. The Balaban J connectivity index is 0.00000364. The first kappa shape index (κ1) is 23.6. The lowest BCUT2D eigenvalue weighted by Gasteiger charge is -2.11. The van der Waals surface area contributed by atoms with Crippen LogP contribution < -0.4 is 16.0 Å². The number of amides is 1. The monoisotopic (exact) mass is 521 g/mol. The molecule has 2 rings (SSSR count). The second-order valence-electron chi connectivity index (χ2n) is 5.65. The van der Waals surface area contributed by atoms with Crippen molar-refractivity contribution in [2.45, 2.75) is 33.2 Å². The number of halogens is 2. The zero-order chi connectivity index (χ0) is 18.8. The summed E-state index contributed by atoms with van der Waals surface area (Å²) in [6.07, 6.45) is 3.00. The Kier molecular flexibility index (Phi) is 11.3. The summed E-state index contributed by atoms with van der Waals surface area (Å²) in [5.74, 6) is 0.716. The van der Waals surface area contributed by atoms with Crippen molar-refractivity contribution >= 4 is 64.5 Å². The van der Waals surface area contributed by atoms with E-state index in [9.17, 15) is 4.79 Å². The molecule has 1 aromatic carbocycles. The van der Waals surface area contributed by atoms with Crippen LogP contribution >= 0.6 is 46.9 Å². The van der Waals surface area contributed by atoms with E-state index >= 15 is 0 Å². The highest BCUT2D eigenvalue weighted by atomic mass is 127. The molecule has 0 aliphatic rings. The van der Waals surface area contributed by atoms with E-state index in [1.807, 2.05) is 20.0 Å². The summed E-state index contributed by atoms with van der Waals surface area (Å²) < 4.78 is 0. The van der Waals surface area contributed by atoms with E-state index in [4.69, 9.17) is 11.6 Å². The summed E-state index contributed by atoms with van der Waals surface area (Å²) in [6.45, 7) is 6.04. The van der Waals surface area contributed by atoms with E-state index in [0.717, 1.165) is 23.2 Å². The Morgan fingerprint density at radius 1 is 1.26 bits per heavy atom. The molecule has 0 bridgehead atoms. The standard InChI is InChI=1S/C18H24ClN5OS.HI/c1-3-20-18(23-12-17-22-11-13(2)26-17)21-10-4-5-16(25)24-15-8-6-14(19)7-9-15;/h6-9,11H,3-5,10,12H2,1-2H3,(H,24,25)(H2,20,21,23);1H. The molecule has 0 unspecified atom stereocenters. The molecule has 2 aromatic rings. The molecule has 148 valence electrons. The topological polar surface area (TPSA) is 78.4 Å². The van der Waals surface area contributed by atoms with Gasteiger partial charge in [0.2, 0.25) is 5.91 Å². The molecule has 6 nitrogen and oxygen atoms in total. The van der Waals surface area contributed by atoms with Crippen LogP contribution in [-0.4, -0.2) is 29.9 Å². The normalized spacial score (nSPS) is 10.9. The zero-order valence-electron chi connectivity index (χ0n) is 15.4. The van der Waals surface area contributed by atoms with E-state index in [0.29, 0.717) is 31.0 Å². The third-order valence-electron chi connectivity index (χ3n) is 3.39. The Morgan fingerprint density at radius 3 is 2.63 bits per heavy atom. The zero-order valence-corrected chi connectivity index (χ0v) is 19.3. The van der Waals surface area contributed by atoms with Crippen molar-refractivity contribution in [2.24, 2.45) is 4.99 Å². The molecule has 0 atom stereocenters. The number of rotatable bonds is 8. The highest BCUT2D eigenvalue weighted by Crippen LogP contribution is 2.14. The van der Waals surface area contributed by atoms with Gasteiger partial charge in [-0.05, 0) is 44.5 Å². The Morgan fingerprint density at radius 2 is 2.00 bits per heavy atom. The van der Waals surface area contributed by atoms with Gasteiger partial charge < -0.3 is 16.0 Å². The van der Waals surface area contributed by atoms with Gasteiger partial charge in [-0.2, -0.15) is 0 Å². The quantitative estimate of drug-likeness (QED) is 0.211. The van der Waals surface area contributed by atoms with Crippen LogP contribution in [0.1, 0.15) is 29.7 Å². The summed E-state index contributed by atoms with van der Waals surface area (Å²) in [5.41, 5.74) is 0.751. The van der Waals surface area contributed by atoms with E-state index in [1.54, 1.807) is 35.6 Å². The number of thiazole rings is 1. The number of guanidine groups is 1. The smallest absolute Gasteiger partial charge is 0.224 e. The first-order chi connectivity index (χ1) is 12.6. The van der Waals surface area contributed by atoms with Gasteiger partial charge in [0.15, 0.2) is 5.96 Å². The van der Waals surface area contributed by atoms with Gasteiger partial charge in [0, 0.05) is 41.3 Å². The number of hydrogen-bond acceptors (Lipinski definition) is 4. The average molecular weight is 522 g/mol. The summed E-state index contributed by atoms with van der Waals surface area (Å²) in [6, 6.07) is 7.08. The van der Waals surface area contributed by atoms with Gasteiger partial charge in [0.05, 0.1) is 6.54 Å². The van der Waals surface area contributed by atoms with Crippen LogP contribution in [0.5, 0.6) is 0 Å². The van der Waals surface area contributed by atoms with E-state index in [-0.39, 0.29) is 29.9 Å². The van der Waals surface area contributed by atoms with Gasteiger partial charge in [-0.3, -0.25) is 4.79 Å². The van der Waals surface area contributed by atoms with E-state index in [1.165, 1.54) is 4.88 Å². The fourth-order valence-electron chi connectivity index (χ4n) is 2.18. The number of aryl methyl sites for hydroxylation is 1. The maximum Gasteiger partial charge on any atom is 0.224 e. The van der Waals surface area contributed by atoms with Crippen LogP contribution in [0, 0.1) is 6.92 Å². The maximum atomic E-state index is 12.0. The summed E-state index contributed by atoms with van der Waals surface area (Å²) in [4.78, 5) is 22.0. The SMILES string of the molecule is CCNC(=NCc1ncc(C)s1)NCCCC(=O)Nc1ccc(Cl)cc1.I. The van der Waals surface area contributed by atoms with E-state index in [2.05, 4.69) is 25.9 Å². The van der Waals surface area contributed by atoms with Crippen molar-refractivity contribution in [3.05, 3.63) is 45.4 Å². The van der Waals surface area contributed by atoms with Gasteiger partial charge in [-0.15, -0.1) is 35.3 Å². The Labute approximate surface area is 186 Å². The molecule has 3 N–H and O–H groups in total. The predicted molar refractivity (Wildman–Crippen MR) is 124 cm³/mol. The van der Waals surface area contributed by atoms with Crippen LogP contribution in [0.15, 0.2) is 35.5 Å². The molecule has 0 saturated heterocycles. The number of carbonyl (C=O) groups is 1. The van der Waals surface area contributed by atoms with Crippen molar-refractivity contribution in [3.63, 3.8) is 0 Å². The van der Waals surface area contributed by atoms with Gasteiger partial charge in [0.25, 0.3) is 0 Å². The molecule has 0 radical (unpaired) electrons. The van der Waals surface area contributed by atoms with Gasteiger partial charge in [-0.1, -0.05) is 11.6 Å². The second kappa shape index (κ2) is 12.9. The Bertz CT molecular complexity index is 736. The third-order valence-corrected chi connectivity index (χ3v) is 4.54. The van der Waals surface area contributed by atoms with Crippen molar-refractivity contribution in [1.82, 2.24) is 15.6 Å². The average Bonchev–Trinajstić information content (AvgIpc) is 3.04. The van der Waals surface area contributed by atoms with Crippen LogP contribution in [-0.2, 0) is 11.3 Å². The number of aliphatic imine (C=N–C) groups is 1. The number of anilines is 1. The lowest BCUT2D eigenvalue weighted by Crippen LogP contribution is -2.38. The molecule has 1 aromatic heterocycles. The van der Waals surface area contributed by atoms with Crippen molar-refractivity contribution in [2.75, 3.05) is 18.4 Å². The fraction of sp³-hybridized carbons (Fsp3) is 0.389. The number of aromatic nitrogens is 1. The molecule has 27 heavy (non-hydrogen) atoms. The minimum absolute atomic E-state index is 0. The van der Waals surface area contributed by atoms with Crippen LogP contribution in [0.3, 0.4) is 0 Å². The number of nitrogens with zero attached hydrogens (tertiary/aromatic N) is 2. The number of hydrogen-bond donors (Lipinski definition) is 3. The lowest BCUT2D eigenvalue weighted by atomic mass is 10.2. The molecular weight excluding hydrogens is 497 g/mol. The summed E-state index contributed by atoms with van der Waals surface area (Å²) >= 11 is 7.48. The number of benzene rings is 1. The Hall–Kier alpha value is -1.39. The first-order valence-electron chi connectivity index (χ1n) is 8.55. The van der Waals surface area contributed by atoms with Gasteiger partial charge in [0.1, 0.15) is 5.01 Å². The maximum absolute atomic E-state index is 12.0. The van der Waals surface area contributed by atoms with Gasteiger partial charge >= 0.3 is 0 Å². The molecule has 1 amide bonds. The summed E-state index contributed by atoms with van der Waals surface area (Å²) in [5, 5.41) is 10.9. The second-order valence-corrected chi connectivity index (χ2v) is 7.40. The molecule has 0 aliphatic heterocycles. The van der Waals surface area contributed by atoms with Crippen LogP contribution in [0.25, 0.3) is 0 Å². The highest BCUT2D eigenvalue weighted by Gasteiger charge is 2.04. The summed E-state index contributed by atoms with van der Waals surface area (Å²) in [7, 11) is 0. The molecule has 9 heteroatoms. The molecule has 0 saturated carbocycles. The van der Waals surface area contributed by atoms with Crippen LogP contribution in [0.4, 0.5) is 5.69 Å². The largest absolute Gasteiger partial charge is 0.357 e. The molecule has 0 aliphatic carbocycles.